The maximum atomic E-state index is 12.6. The molecule has 0 saturated heterocycles. The number of fused-ring (bicyclic) bond motifs is 3. The molecule has 0 aliphatic carbocycles. The number of nitrogens with zero attached hydrogens (tertiary/aromatic N) is 1. The van der Waals surface area contributed by atoms with Gasteiger partial charge in [-0.05, 0) is 30.4 Å². The average Bonchev–Trinajstić information content (AvgIpc) is 2.97. The minimum atomic E-state index is -0.610. The number of methoxy groups -OCH3 is 1. The summed E-state index contributed by atoms with van der Waals surface area (Å²) in [5, 5.41) is 4.06. The average molecular weight is 343 g/mol. The van der Waals surface area contributed by atoms with Crippen molar-refractivity contribution in [2.75, 3.05) is 13.7 Å². The van der Waals surface area contributed by atoms with Gasteiger partial charge in [-0.2, -0.15) is 0 Å². The molecule has 134 valence electrons. The molecule has 1 aromatic carbocycles. The number of carbonyl (C=O) groups is 2. The van der Waals surface area contributed by atoms with Crippen molar-refractivity contribution in [3.63, 3.8) is 0 Å². The standard InChI is InChI=1S/C19H25N3O3/c1-12(2)10-16(18(23)25-3)21-19(24)22-9-8-14-13-6-4-5-7-15(13)20-17(14)11-22/h4-7,12,16,20H,8-11H2,1-3H3,(H,21,24)/t16-/m1/s1. The monoisotopic (exact) mass is 343 g/mol. The van der Waals surface area contributed by atoms with Crippen LogP contribution in [0.5, 0.6) is 0 Å². The van der Waals surface area contributed by atoms with E-state index in [9.17, 15) is 9.59 Å². The van der Waals surface area contributed by atoms with Gasteiger partial charge in [0.15, 0.2) is 0 Å². The van der Waals surface area contributed by atoms with Crippen molar-refractivity contribution in [2.24, 2.45) is 5.92 Å². The lowest BCUT2D eigenvalue weighted by Crippen LogP contribution is -2.50. The smallest absolute Gasteiger partial charge is 0.328 e. The number of urea groups is 1. The highest BCUT2D eigenvalue weighted by molar-refractivity contribution is 5.86. The van der Waals surface area contributed by atoms with Crippen LogP contribution < -0.4 is 5.32 Å². The summed E-state index contributed by atoms with van der Waals surface area (Å²) in [6, 6.07) is 7.36. The van der Waals surface area contributed by atoms with Crippen molar-refractivity contribution < 1.29 is 14.3 Å². The molecule has 1 aliphatic rings. The van der Waals surface area contributed by atoms with Crippen LogP contribution in [0.1, 0.15) is 31.5 Å². The highest BCUT2D eigenvalue weighted by atomic mass is 16.5. The van der Waals surface area contributed by atoms with Crippen LogP contribution in [0.25, 0.3) is 10.9 Å². The van der Waals surface area contributed by atoms with Crippen molar-refractivity contribution in [3.8, 4) is 0 Å². The van der Waals surface area contributed by atoms with Gasteiger partial charge in [-0.1, -0.05) is 32.0 Å². The van der Waals surface area contributed by atoms with Crippen LogP contribution in [-0.2, 0) is 22.5 Å². The van der Waals surface area contributed by atoms with Gasteiger partial charge in [0.1, 0.15) is 6.04 Å². The zero-order chi connectivity index (χ0) is 18.0. The summed E-state index contributed by atoms with van der Waals surface area (Å²) < 4.78 is 4.82. The van der Waals surface area contributed by atoms with Crippen molar-refractivity contribution in [1.29, 1.82) is 0 Å². The Hall–Kier alpha value is -2.50. The Labute approximate surface area is 147 Å². The second-order valence-electron chi connectivity index (χ2n) is 6.95. The molecule has 2 N–H and O–H groups in total. The number of benzene rings is 1. The van der Waals surface area contributed by atoms with Crippen molar-refractivity contribution >= 4 is 22.9 Å². The Morgan fingerprint density at radius 2 is 2.08 bits per heavy atom. The summed E-state index contributed by atoms with van der Waals surface area (Å²) in [5.74, 6) is -0.114. The lowest BCUT2D eigenvalue weighted by molar-refractivity contribution is -0.143. The molecule has 0 spiro atoms. The number of amides is 2. The van der Waals surface area contributed by atoms with Crippen molar-refractivity contribution in [2.45, 2.75) is 39.3 Å². The molecule has 0 unspecified atom stereocenters. The van der Waals surface area contributed by atoms with Gasteiger partial charge < -0.3 is 19.9 Å². The number of para-hydroxylation sites is 1. The van der Waals surface area contributed by atoms with Gasteiger partial charge in [0, 0.05) is 23.1 Å². The topological polar surface area (TPSA) is 74.4 Å². The minimum Gasteiger partial charge on any atom is -0.467 e. The van der Waals surface area contributed by atoms with Crippen molar-refractivity contribution in [3.05, 3.63) is 35.5 Å². The van der Waals surface area contributed by atoms with E-state index in [0.717, 1.165) is 17.6 Å². The van der Waals surface area contributed by atoms with E-state index in [4.69, 9.17) is 4.74 Å². The molecule has 6 heteroatoms. The lowest BCUT2D eigenvalue weighted by atomic mass is 10.0. The first-order valence-corrected chi connectivity index (χ1v) is 8.71. The second-order valence-corrected chi connectivity index (χ2v) is 6.95. The van der Waals surface area contributed by atoms with E-state index in [2.05, 4.69) is 16.4 Å². The number of rotatable bonds is 4. The largest absolute Gasteiger partial charge is 0.467 e. The Morgan fingerprint density at radius 3 is 2.80 bits per heavy atom. The summed E-state index contributed by atoms with van der Waals surface area (Å²) in [5.41, 5.74) is 3.45. The van der Waals surface area contributed by atoms with E-state index in [0.29, 0.717) is 19.5 Å². The number of H-pyrrole nitrogens is 1. The van der Waals surface area contributed by atoms with E-state index in [1.807, 2.05) is 32.0 Å². The molecule has 25 heavy (non-hydrogen) atoms. The highest BCUT2D eigenvalue weighted by Gasteiger charge is 2.28. The summed E-state index contributed by atoms with van der Waals surface area (Å²) >= 11 is 0. The van der Waals surface area contributed by atoms with Gasteiger partial charge in [0.05, 0.1) is 13.7 Å². The second kappa shape index (κ2) is 7.17. The molecule has 2 amide bonds. The number of nitrogens with one attached hydrogen (secondary N) is 2. The van der Waals surface area contributed by atoms with Crippen LogP contribution in [0.4, 0.5) is 4.79 Å². The molecule has 1 aromatic heterocycles. The normalized spacial score (nSPS) is 15.1. The third-order valence-corrected chi connectivity index (χ3v) is 4.66. The maximum absolute atomic E-state index is 12.6. The Kier molecular flexibility index (Phi) is 4.97. The SMILES string of the molecule is COC(=O)[C@@H](CC(C)C)NC(=O)N1CCc2c([nH]c3ccccc23)C1. The zero-order valence-corrected chi connectivity index (χ0v) is 15.0. The molecule has 0 fully saturated rings. The van der Waals surface area contributed by atoms with Gasteiger partial charge in [0.25, 0.3) is 0 Å². The molecule has 2 heterocycles. The molecular formula is C19H25N3O3. The number of esters is 1. The van der Waals surface area contributed by atoms with E-state index in [-0.39, 0.29) is 11.9 Å². The lowest BCUT2D eigenvalue weighted by Gasteiger charge is -2.29. The Balaban J connectivity index is 1.72. The maximum Gasteiger partial charge on any atom is 0.328 e. The minimum absolute atomic E-state index is 0.222. The fourth-order valence-electron chi connectivity index (χ4n) is 3.43. The quantitative estimate of drug-likeness (QED) is 0.838. The van der Waals surface area contributed by atoms with Gasteiger partial charge in [-0.25, -0.2) is 9.59 Å². The number of aromatic nitrogens is 1. The van der Waals surface area contributed by atoms with Crippen LogP contribution in [0.2, 0.25) is 0 Å². The molecule has 1 aliphatic heterocycles. The van der Waals surface area contributed by atoms with E-state index >= 15 is 0 Å². The fourth-order valence-corrected chi connectivity index (χ4v) is 3.43. The molecule has 2 aromatic rings. The molecule has 3 rings (SSSR count). The molecule has 1 atom stereocenters. The van der Waals surface area contributed by atoms with Crippen LogP contribution in [0, 0.1) is 5.92 Å². The van der Waals surface area contributed by atoms with Crippen LogP contribution in [0.15, 0.2) is 24.3 Å². The van der Waals surface area contributed by atoms with Crippen LogP contribution in [0.3, 0.4) is 0 Å². The van der Waals surface area contributed by atoms with Crippen LogP contribution >= 0.6 is 0 Å². The van der Waals surface area contributed by atoms with Gasteiger partial charge >= 0.3 is 12.0 Å². The number of ether oxygens (including phenoxy) is 1. The first-order chi connectivity index (χ1) is 12.0. The first kappa shape index (κ1) is 17.3. The number of hydrogen-bond acceptors (Lipinski definition) is 3. The van der Waals surface area contributed by atoms with Crippen LogP contribution in [-0.4, -0.2) is 41.6 Å². The van der Waals surface area contributed by atoms with Gasteiger partial charge in [0.2, 0.25) is 0 Å². The zero-order valence-electron chi connectivity index (χ0n) is 15.0. The molecule has 0 radical (unpaired) electrons. The Morgan fingerprint density at radius 1 is 1.32 bits per heavy atom. The van der Waals surface area contributed by atoms with Gasteiger partial charge in [-0.15, -0.1) is 0 Å². The summed E-state index contributed by atoms with van der Waals surface area (Å²) in [7, 11) is 1.35. The summed E-state index contributed by atoms with van der Waals surface area (Å²) in [4.78, 5) is 29.7. The van der Waals surface area contributed by atoms with Gasteiger partial charge in [-0.3, -0.25) is 0 Å². The molecule has 6 nitrogen and oxygen atoms in total. The van der Waals surface area contributed by atoms with E-state index in [1.165, 1.54) is 18.1 Å². The fraction of sp³-hybridized carbons (Fsp3) is 0.474. The summed E-state index contributed by atoms with van der Waals surface area (Å²) in [6.07, 6.45) is 1.36. The predicted molar refractivity (Wildman–Crippen MR) is 96.2 cm³/mol. The van der Waals surface area contributed by atoms with E-state index in [1.54, 1.807) is 4.90 Å². The number of aromatic amines is 1. The third-order valence-electron chi connectivity index (χ3n) is 4.66. The summed E-state index contributed by atoms with van der Waals surface area (Å²) in [6.45, 7) is 5.18. The third kappa shape index (κ3) is 3.62. The molecule has 0 bridgehead atoms. The van der Waals surface area contributed by atoms with E-state index < -0.39 is 12.0 Å². The number of hydrogen-bond donors (Lipinski definition) is 2. The number of carbonyl (C=O) groups excluding carboxylic acids is 2. The van der Waals surface area contributed by atoms with Crippen molar-refractivity contribution in [1.82, 2.24) is 15.2 Å². The first-order valence-electron chi connectivity index (χ1n) is 8.71. The predicted octanol–water partition coefficient (Wildman–Crippen LogP) is 2.82. The molecule has 0 saturated carbocycles. The molecular weight excluding hydrogens is 318 g/mol. The Bertz CT molecular complexity index is 781. The highest BCUT2D eigenvalue weighted by Crippen LogP contribution is 2.27.